The van der Waals surface area contributed by atoms with Crippen molar-refractivity contribution in [3.8, 4) is 0 Å². The van der Waals surface area contributed by atoms with Crippen molar-refractivity contribution in [2.45, 2.75) is 46.2 Å². The van der Waals surface area contributed by atoms with Crippen molar-refractivity contribution in [3.05, 3.63) is 18.1 Å². The molecule has 0 saturated carbocycles. The number of ether oxygens (including phenoxy) is 1. The zero-order chi connectivity index (χ0) is 19.5. The van der Waals surface area contributed by atoms with Crippen LogP contribution in [0, 0.1) is 5.92 Å². The quantitative estimate of drug-likeness (QED) is 0.826. The summed E-state index contributed by atoms with van der Waals surface area (Å²) < 4.78 is 4.64. The summed E-state index contributed by atoms with van der Waals surface area (Å²) in [6.07, 6.45) is 3.00. The maximum Gasteiger partial charge on any atom is 0.358 e. The number of nitrogens with zero attached hydrogens (tertiary/aromatic N) is 4. The topological polar surface area (TPSA) is 87.7 Å². The summed E-state index contributed by atoms with van der Waals surface area (Å²) in [5.41, 5.74) is -0.0925. The first-order valence-electron chi connectivity index (χ1n) is 8.86. The van der Waals surface area contributed by atoms with E-state index < -0.39 is 5.97 Å². The second kappa shape index (κ2) is 7.88. The van der Waals surface area contributed by atoms with Crippen LogP contribution in [0.4, 0.5) is 10.6 Å². The molecular formula is C18H29N5O3. The first-order chi connectivity index (χ1) is 12.1. The average Bonchev–Trinajstić information content (AvgIpc) is 2.59. The highest BCUT2D eigenvalue weighted by atomic mass is 16.5. The Morgan fingerprint density at radius 1 is 1.23 bits per heavy atom. The number of aromatic nitrogens is 2. The zero-order valence-electron chi connectivity index (χ0n) is 16.4. The number of nitrogens with one attached hydrogen (secondary N) is 1. The number of carbonyl (C=O) groups excluding carboxylic acids is 2. The lowest BCUT2D eigenvalue weighted by Crippen LogP contribution is -2.61. The summed E-state index contributed by atoms with van der Waals surface area (Å²) in [5.74, 6) is 0.484. The Morgan fingerprint density at radius 3 is 2.42 bits per heavy atom. The Labute approximate surface area is 154 Å². The van der Waals surface area contributed by atoms with Gasteiger partial charge >= 0.3 is 12.0 Å². The molecule has 2 amide bonds. The van der Waals surface area contributed by atoms with E-state index in [1.165, 1.54) is 13.3 Å². The molecule has 1 aromatic heterocycles. The number of urea groups is 1. The standard InChI is InChI=1S/C18H29N5O3/c1-12(2)14-11-22(7-8-23(14)17(25)21-18(3,4)5)15-10-19-13(9-20-15)16(24)26-6/h9-10,12,14H,7-8,11H2,1-6H3,(H,21,25). The van der Waals surface area contributed by atoms with Crippen LogP contribution in [0.2, 0.25) is 0 Å². The van der Waals surface area contributed by atoms with Gasteiger partial charge in [0.25, 0.3) is 0 Å². The average molecular weight is 363 g/mol. The first kappa shape index (κ1) is 19.9. The van der Waals surface area contributed by atoms with Gasteiger partial charge in [-0.25, -0.2) is 19.6 Å². The molecule has 0 aromatic carbocycles. The molecule has 0 spiro atoms. The van der Waals surface area contributed by atoms with Crippen LogP contribution in [-0.2, 0) is 4.74 Å². The van der Waals surface area contributed by atoms with E-state index in [1.807, 2.05) is 25.7 Å². The summed E-state index contributed by atoms with van der Waals surface area (Å²) in [6, 6.07) is 0.0242. The highest BCUT2D eigenvalue weighted by Crippen LogP contribution is 2.22. The van der Waals surface area contributed by atoms with Gasteiger partial charge in [-0.05, 0) is 26.7 Å². The number of carbonyl (C=O) groups is 2. The summed E-state index contributed by atoms with van der Waals surface area (Å²) in [6.45, 7) is 12.1. The normalized spacial score (nSPS) is 18.0. The third-order valence-corrected chi connectivity index (χ3v) is 4.29. The SMILES string of the molecule is COC(=O)c1cnc(N2CCN(C(=O)NC(C)(C)C)C(C(C)C)C2)cn1. The van der Waals surface area contributed by atoms with Crippen LogP contribution < -0.4 is 10.2 Å². The molecule has 1 fully saturated rings. The van der Waals surface area contributed by atoms with E-state index in [4.69, 9.17) is 0 Å². The molecule has 0 radical (unpaired) electrons. The minimum absolute atomic E-state index is 0.0389. The minimum Gasteiger partial charge on any atom is -0.464 e. The van der Waals surface area contributed by atoms with Gasteiger partial charge in [-0.2, -0.15) is 0 Å². The summed E-state index contributed by atoms with van der Waals surface area (Å²) in [7, 11) is 1.31. The molecule has 144 valence electrons. The highest BCUT2D eigenvalue weighted by Gasteiger charge is 2.34. The Hall–Kier alpha value is -2.38. The molecule has 0 bridgehead atoms. The van der Waals surface area contributed by atoms with Crippen molar-refractivity contribution in [3.63, 3.8) is 0 Å². The summed E-state index contributed by atoms with van der Waals surface area (Å²) >= 11 is 0. The summed E-state index contributed by atoms with van der Waals surface area (Å²) in [4.78, 5) is 36.6. The molecule has 1 unspecified atom stereocenters. The maximum atomic E-state index is 12.6. The highest BCUT2D eigenvalue weighted by molar-refractivity contribution is 5.86. The van der Waals surface area contributed by atoms with Crippen LogP contribution in [0.3, 0.4) is 0 Å². The van der Waals surface area contributed by atoms with Crippen molar-refractivity contribution in [2.24, 2.45) is 5.92 Å². The van der Waals surface area contributed by atoms with Crippen molar-refractivity contribution in [2.75, 3.05) is 31.6 Å². The number of piperazine rings is 1. The van der Waals surface area contributed by atoms with Crippen molar-refractivity contribution in [1.82, 2.24) is 20.2 Å². The second-order valence-corrected chi connectivity index (χ2v) is 7.88. The largest absolute Gasteiger partial charge is 0.464 e. The first-order valence-corrected chi connectivity index (χ1v) is 8.86. The molecule has 0 aliphatic carbocycles. The molecule has 26 heavy (non-hydrogen) atoms. The third-order valence-electron chi connectivity index (χ3n) is 4.29. The molecule has 2 rings (SSSR count). The van der Waals surface area contributed by atoms with Crippen molar-refractivity contribution < 1.29 is 14.3 Å². The molecule has 1 atom stereocenters. The smallest absolute Gasteiger partial charge is 0.358 e. The van der Waals surface area contributed by atoms with Gasteiger partial charge in [0.2, 0.25) is 0 Å². The van der Waals surface area contributed by atoms with Crippen LogP contribution in [-0.4, -0.2) is 65.2 Å². The molecular weight excluding hydrogens is 334 g/mol. The van der Waals surface area contributed by atoms with Crippen LogP contribution >= 0.6 is 0 Å². The van der Waals surface area contributed by atoms with Crippen LogP contribution in [0.25, 0.3) is 0 Å². The van der Waals surface area contributed by atoms with Crippen molar-refractivity contribution >= 4 is 17.8 Å². The molecule has 2 heterocycles. The molecule has 1 aliphatic rings. The number of rotatable bonds is 3. The van der Waals surface area contributed by atoms with Gasteiger partial charge in [0.15, 0.2) is 5.69 Å². The van der Waals surface area contributed by atoms with Gasteiger partial charge < -0.3 is 19.9 Å². The fourth-order valence-corrected chi connectivity index (χ4v) is 2.93. The monoisotopic (exact) mass is 363 g/mol. The van der Waals surface area contributed by atoms with E-state index in [1.54, 1.807) is 6.20 Å². The van der Waals surface area contributed by atoms with Gasteiger partial charge in [0.05, 0.1) is 25.5 Å². The van der Waals surface area contributed by atoms with Gasteiger partial charge in [-0.15, -0.1) is 0 Å². The lowest BCUT2D eigenvalue weighted by Gasteiger charge is -2.44. The van der Waals surface area contributed by atoms with Crippen LogP contribution in [0.15, 0.2) is 12.4 Å². The number of esters is 1. The molecule has 8 nitrogen and oxygen atoms in total. The number of hydrogen-bond acceptors (Lipinski definition) is 6. The minimum atomic E-state index is -0.507. The number of hydrogen-bond donors (Lipinski definition) is 1. The fraction of sp³-hybridized carbons (Fsp3) is 0.667. The summed E-state index contributed by atoms with van der Waals surface area (Å²) in [5, 5.41) is 3.04. The number of anilines is 1. The van der Waals surface area contributed by atoms with E-state index in [0.717, 1.165) is 0 Å². The predicted octanol–water partition coefficient (Wildman–Crippen LogP) is 1.92. The van der Waals surface area contributed by atoms with Gasteiger partial charge in [0.1, 0.15) is 5.82 Å². The van der Waals surface area contributed by atoms with E-state index in [9.17, 15) is 9.59 Å². The molecule has 8 heteroatoms. The van der Waals surface area contributed by atoms with Crippen molar-refractivity contribution in [1.29, 1.82) is 0 Å². The van der Waals surface area contributed by atoms with Crippen LogP contribution in [0.5, 0.6) is 0 Å². The Balaban J connectivity index is 2.11. The number of methoxy groups -OCH3 is 1. The molecule has 1 N–H and O–H groups in total. The molecule has 1 aliphatic heterocycles. The Bertz CT molecular complexity index is 639. The molecule has 1 aromatic rings. The zero-order valence-corrected chi connectivity index (χ0v) is 16.4. The van der Waals surface area contributed by atoms with E-state index >= 15 is 0 Å². The van der Waals surface area contributed by atoms with Gasteiger partial charge in [0, 0.05) is 25.2 Å². The fourth-order valence-electron chi connectivity index (χ4n) is 2.93. The third kappa shape index (κ3) is 4.83. The van der Waals surface area contributed by atoms with Gasteiger partial charge in [-0.1, -0.05) is 13.8 Å². The Kier molecular flexibility index (Phi) is 6.05. The molecule has 1 saturated heterocycles. The lowest BCUT2D eigenvalue weighted by molar-refractivity contribution is 0.0593. The number of amides is 2. The van der Waals surface area contributed by atoms with E-state index in [2.05, 4.69) is 38.8 Å². The van der Waals surface area contributed by atoms with Crippen LogP contribution in [0.1, 0.15) is 45.1 Å². The second-order valence-electron chi connectivity index (χ2n) is 7.88. The Morgan fingerprint density at radius 2 is 1.92 bits per heavy atom. The van der Waals surface area contributed by atoms with E-state index in [-0.39, 0.29) is 23.3 Å². The maximum absolute atomic E-state index is 12.6. The van der Waals surface area contributed by atoms with Gasteiger partial charge in [-0.3, -0.25) is 0 Å². The predicted molar refractivity (Wildman–Crippen MR) is 99.2 cm³/mol. The lowest BCUT2D eigenvalue weighted by atomic mass is 9.99. The van der Waals surface area contributed by atoms with E-state index in [0.29, 0.717) is 31.4 Å².